The van der Waals surface area contributed by atoms with Crippen molar-refractivity contribution in [1.29, 1.82) is 0 Å². The molecule has 0 radical (unpaired) electrons. The third-order valence-electron chi connectivity index (χ3n) is 7.43. The number of carbonyl (C=O) groups excluding carboxylic acids is 2. The summed E-state index contributed by atoms with van der Waals surface area (Å²) >= 11 is 0. The summed E-state index contributed by atoms with van der Waals surface area (Å²) in [6, 6.07) is 16.6. The van der Waals surface area contributed by atoms with E-state index in [-0.39, 0.29) is 18.5 Å². The number of ether oxygens (including phenoxy) is 4. The summed E-state index contributed by atoms with van der Waals surface area (Å²) in [7, 11) is 0. The zero-order chi connectivity index (χ0) is 29.0. The Morgan fingerprint density at radius 3 is 1.88 bits per heavy atom. The van der Waals surface area contributed by atoms with E-state index in [1.807, 2.05) is 24.3 Å². The molecule has 0 aliphatic heterocycles. The number of esters is 1. The average molecular weight is 568 g/mol. The van der Waals surface area contributed by atoms with Gasteiger partial charge in [-0.2, -0.15) is 0 Å². The Morgan fingerprint density at radius 2 is 1.22 bits per heavy atom. The molecule has 3 rings (SSSR count). The maximum absolute atomic E-state index is 12.2. The van der Waals surface area contributed by atoms with Gasteiger partial charge in [0.2, 0.25) is 0 Å². The van der Waals surface area contributed by atoms with Gasteiger partial charge < -0.3 is 24.3 Å². The van der Waals surface area contributed by atoms with Crippen LogP contribution in [0.2, 0.25) is 0 Å². The smallest absolute Gasteiger partial charge is 0.407 e. The summed E-state index contributed by atoms with van der Waals surface area (Å²) in [5, 5.41) is 2.80. The first-order valence-electron chi connectivity index (χ1n) is 15.6. The van der Waals surface area contributed by atoms with Gasteiger partial charge in [0.05, 0.1) is 19.8 Å². The second-order valence-corrected chi connectivity index (χ2v) is 10.6. The highest BCUT2D eigenvalue weighted by Crippen LogP contribution is 2.44. The van der Waals surface area contributed by atoms with E-state index in [2.05, 4.69) is 36.5 Å². The molecule has 7 nitrogen and oxygen atoms in total. The normalized spacial score (nSPS) is 12.1. The summed E-state index contributed by atoms with van der Waals surface area (Å²) in [5.41, 5.74) is 4.82. The molecule has 7 heteroatoms. The third-order valence-corrected chi connectivity index (χ3v) is 7.43. The Morgan fingerprint density at radius 1 is 0.659 bits per heavy atom. The number of hydrogen-bond acceptors (Lipinski definition) is 6. The number of fused-ring (bicyclic) bond motifs is 3. The van der Waals surface area contributed by atoms with Crippen LogP contribution >= 0.6 is 0 Å². The molecule has 226 valence electrons. The molecule has 1 aliphatic carbocycles. The van der Waals surface area contributed by atoms with Gasteiger partial charge in [0.15, 0.2) is 0 Å². The number of rotatable bonds is 22. The summed E-state index contributed by atoms with van der Waals surface area (Å²) in [6.45, 7) is 5.08. The van der Waals surface area contributed by atoms with Gasteiger partial charge in [-0.25, -0.2) is 4.79 Å². The molecular formula is C34H49NO6. The van der Waals surface area contributed by atoms with Crippen LogP contribution in [0.15, 0.2) is 48.5 Å². The van der Waals surface area contributed by atoms with Crippen LogP contribution in [0.25, 0.3) is 11.1 Å². The Balaban J connectivity index is 1.09. The van der Waals surface area contributed by atoms with Crippen molar-refractivity contribution in [3.05, 3.63) is 59.7 Å². The van der Waals surface area contributed by atoms with E-state index in [9.17, 15) is 9.59 Å². The van der Waals surface area contributed by atoms with Crippen LogP contribution in [0.5, 0.6) is 0 Å². The lowest BCUT2D eigenvalue weighted by atomic mass is 9.98. The fourth-order valence-electron chi connectivity index (χ4n) is 5.20. The fourth-order valence-corrected chi connectivity index (χ4v) is 5.20. The molecule has 1 N–H and O–H groups in total. The number of hydrogen-bond donors (Lipinski definition) is 1. The fraction of sp³-hybridized carbons (Fsp3) is 0.588. The molecule has 0 saturated carbocycles. The quantitative estimate of drug-likeness (QED) is 0.118. The van der Waals surface area contributed by atoms with E-state index in [1.54, 1.807) is 0 Å². The summed E-state index contributed by atoms with van der Waals surface area (Å²) in [6.07, 6.45) is 11.8. The van der Waals surface area contributed by atoms with Crippen molar-refractivity contribution in [3.63, 3.8) is 0 Å². The van der Waals surface area contributed by atoms with Gasteiger partial charge in [-0.3, -0.25) is 4.79 Å². The van der Waals surface area contributed by atoms with Crippen LogP contribution in [0, 0.1) is 0 Å². The van der Waals surface area contributed by atoms with E-state index in [1.165, 1.54) is 67.2 Å². The first-order chi connectivity index (χ1) is 20.2. The molecule has 2 aromatic rings. The van der Waals surface area contributed by atoms with Crippen molar-refractivity contribution < 1.29 is 28.5 Å². The highest BCUT2D eigenvalue weighted by atomic mass is 16.6. The number of amides is 1. The van der Waals surface area contributed by atoms with Crippen LogP contribution in [-0.4, -0.2) is 58.2 Å². The number of alkyl carbamates (subject to hydrolysis) is 1. The van der Waals surface area contributed by atoms with Crippen LogP contribution in [0.1, 0.15) is 94.6 Å². The lowest BCUT2D eigenvalue weighted by Crippen LogP contribution is -2.27. The summed E-state index contributed by atoms with van der Waals surface area (Å²) < 4.78 is 21.8. The molecule has 0 atom stereocenters. The molecule has 41 heavy (non-hydrogen) atoms. The predicted octanol–water partition coefficient (Wildman–Crippen LogP) is 7.41. The highest BCUT2D eigenvalue weighted by Gasteiger charge is 2.28. The second-order valence-electron chi connectivity index (χ2n) is 10.6. The second kappa shape index (κ2) is 20.1. The van der Waals surface area contributed by atoms with Crippen molar-refractivity contribution in [2.24, 2.45) is 0 Å². The number of carbonyl (C=O) groups is 2. The Labute approximate surface area is 246 Å². The number of nitrogens with one attached hydrogen (secondary N) is 1. The molecule has 0 heterocycles. The third kappa shape index (κ3) is 12.2. The zero-order valence-corrected chi connectivity index (χ0v) is 24.9. The molecule has 0 spiro atoms. The monoisotopic (exact) mass is 567 g/mol. The minimum Gasteiger partial charge on any atom is -0.463 e. The summed E-state index contributed by atoms with van der Waals surface area (Å²) in [5.74, 6) is -0.0867. The topological polar surface area (TPSA) is 83.1 Å². The van der Waals surface area contributed by atoms with Gasteiger partial charge >= 0.3 is 12.1 Å². The molecule has 0 unspecified atom stereocenters. The van der Waals surface area contributed by atoms with E-state index < -0.39 is 6.09 Å². The maximum Gasteiger partial charge on any atom is 0.407 e. The molecule has 0 fully saturated rings. The van der Waals surface area contributed by atoms with Gasteiger partial charge in [-0.15, -0.1) is 0 Å². The van der Waals surface area contributed by atoms with Crippen LogP contribution < -0.4 is 5.32 Å². The largest absolute Gasteiger partial charge is 0.463 e. The zero-order valence-electron chi connectivity index (χ0n) is 24.9. The van der Waals surface area contributed by atoms with Gasteiger partial charge in [0, 0.05) is 25.5 Å². The SMILES string of the molecule is CCCCCCCCCCCC(=O)OCCOCCOCCCNC(=O)OCC1c2ccccc2-c2ccccc21. The van der Waals surface area contributed by atoms with Crippen molar-refractivity contribution in [3.8, 4) is 11.1 Å². The van der Waals surface area contributed by atoms with Crippen LogP contribution in [-0.2, 0) is 23.7 Å². The van der Waals surface area contributed by atoms with Crippen LogP contribution in [0.4, 0.5) is 4.79 Å². The van der Waals surface area contributed by atoms with Crippen LogP contribution in [0.3, 0.4) is 0 Å². The van der Waals surface area contributed by atoms with Gasteiger partial charge in [-0.05, 0) is 35.1 Å². The molecule has 0 bridgehead atoms. The first-order valence-corrected chi connectivity index (χ1v) is 15.6. The molecule has 0 aromatic heterocycles. The Hall–Kier alpha value is -2.90. The number of unbranched alkanes of at least 4 members (excludes halogenated alkanes) is 8. The maximum atomic E-state index is 12.2. The molecule has 1 amide bonds. The highest BCUT2D eigenvalue weighted by molar-refractivity contribution is 5.79. The Kier molecular flexibility index (Phi) is 16.0. The minimum absolute atomic E-state index is 0.0553. The molecule has 2 aromatic carbocycles. The summed E-state index contributed by atoms with van der Waals surface area (Å²) in [4.78, 5) is 24.0. The van der Waals surface area contributed by atoms with E-state index in [4.69, 9.17) is 18.9 Å². The van der Waals surface area contributed by atoms with E-state index in [0.717, 1.165) is 12.8 Å². The van der Waals surface area contributed by atoms with E-state index in [0.29, 0.717) is 52.4 Å². The predicted molar refractivity (Wildman–Crippen MR) is 162 cm³/mol. The molecule has 0 saturated heterocycles. The standard InChI is InChI=1S/C34H49NO6/c1-2-3-4-5-6-7-8-9-10-20-33(36)40-26-25-39-24-23-38-22-15-21-35-34(37)41-27-32-30-18-13-11-16-28(30)29-17-12-14-19-31(29)32/h11-14,16-19,32H,2-10,15,20-27H2,1H3,(H,35,37). The number of benzene rings is 2. The lowest BCUT2D eigenvalue weighted by Gasteiger charge is -2.14. The molecule has 1 aliphatic rings. The van der Waals surface area contributed by atoms with Gasteiger partial charge in [0.25, 0.3) is 0 Å². The van der Waals surface area contributed by atoms with Gasteiger partial charge in [-0.1, -0.05) is 107 Å². The lowest BCUT2D eigenvalue weighted by molar-refractivity contribution is -0.145. The van der Waals surface area contributed by atoms with Gasteiger partial charge in [0.1, 0.15) is 13.2 Å². The van der Waals surface area contributed by atoms with E-state index >= 15 is 0 Å². The van der Waals surface area contributed by atoms with Crippen molar-refractivity contribution in [2.45, 2.75) is 83.5 Å². The minimum atomic E-state index is -0.414. The Bertz CT molecular complexity index is 980. The molecular weight excluding hydrogens is 518 g/mol. The van der Waals surface area contributed by atoms with Crippen molar-refractivity contribution in [2.75, 3.05) is 46.2 Å². The van der Waals surface area contributed by atoms with Crippen molar-refractivity contribution >= 4 is 12.1 Å². The average Bonchev–Trinajstić information content (AvgIpc) is 3.31. The first kappa shape index (κ1) is 32.6. The van der Waals surface area contributed by atoms with Crippen molar-refractivity contribution in [1.82, 2.24) is 5.32 Å².